The third kappa shape index (κ3) is 3.05. The van der Waals surface area contributed by atoms with Gasteiger partial charge in [0.1, 0.15) is 17.3 Å². The van der Waals surface area contributed by atoms with Crippen LogP contribution in [0.3, 0.4) is 0 Å². The third-order valence-corrected chi connectivity index (χ3v) is 4.46. The Morgan fingerprint density at radius 2 is 2.08 bits per heavy atom. The van der Waals surface area contributed by atoms with Crippen molar-refractivity contribution in [2.45, 2.75) is 13.0 Å². The van der Waals surface area contributed by atoms with E-state index in [0.717, 1.165) is 16.7 Å². The second kappa shape index (κ2) is 6.49. The van der Waals surface area contributed by atoms with E-state index in [9.17, 15) is 14.0 Å². The number of thioether (sulfide) groups is 1. The Bertz CT molecular complexity index is 855. The molecule has 2 aromatic rings. The Kier molecular flexibility index (Phi) is 4.40. The molecule has 1 atom stereocenters. The molecule has 3 rings (SSSR count). The molecule has 1 fully saturated rings. The summed E-state index contributed by atoms with van der Waals surface area (Å²) in [6, 6.07) is 9.03. The first-order chi connectivity index (χ1) is 11.5. The minimum Gasteiger partial charge on any atom is -0.457 e. The highest BCUT2D eigenvalue weighted by Crippen LogP contribution is 2.34. The predicted octanol–water partition coefficient (Wildman–Crippen LogP) is 4.70. The lowest BCUT2D eigenvalue weighted by atomic mass is 10.2. The van der Waals surface area contributed by atoms with Crippen LogP contribution in [0, 0.1) is 5.82 Å². The van der Waals surface area contributed by atoms with Gasteiger partial charge in [0.25, 0.3) is 11.1 Å². The largest absolute Gasteiger partial charge is 0.457 e. The van der Waals surface area contributed by atoms with Gasteiger partial charge >= 0.3 is 0 Å². The second-order valence-corrected chi connectivity index (χ2v) is 6.23. The van der Waals surface area contributed by atoms with E-state index in [1.165, 1.54) is 24.3 Å². The molecule has 1 aliphatic rings. The summed E-state index contributed by atoms with van der Waals surface area (Å²) in [5.41, 5.74) is 0.600. The fourth-order valence-electron chi connectivity index (χ4n) is 2.29. The van der Waals surface area contributed by atoms with Gasteiger partial charge in [0.15, 0.2) is 0 Å². The zero-order valence-electron chi connectivity index (χ0n) is 12.9. The maximum atomic E-state index is 13.3. The molecule has 24 heavy (non-hydrogen) atoms. The number of carbonyl (C=O) groups excluding carboxylic acids is 2. The standard InChI is InChI=1S/C18H14FNO3S/c1-3-11(2)20-17(21)16(24-18(20)22)10-14-7-8-15(23-14)12-5-4-6-13(19)9-12/h3-11H,1H2,2H3. The van der Waals surface area contributed by atoms with Crippen molar-refractivity contribution in [3.8, 4) is 11.3 Å². The monoisotopic (exact) mass is 343 g/mol. The summed E-state index contributed by atoms with van der Waals surface area (Å²) in [7, 11) is 0. The van der Waals surface area contributed by atoms with Crippen LogP contribution in [0.5, 0.6) is 0 Å². The number of nitrogens with zero attached hydrogens (tertiary/aromatic N) is 1. The van der Waals surface area contributed by atoms with Crippen LogP contribution in [0.1, 0.15) is 12.7 Å². The van der Waals surface area contributed by atoms with Gasteiger partial charge in [-0.2, -0.15) is 0 Å². The van der Waals surface area contributed by atoms with E-state index in [1.807, 2.05) is 0 Å². The van der Waals surface area contributed by atoms with E-state index in [0.29, 0.717) is 17.1 Å². The smallest absolute Gasteiger partial charge is 0.294 e. The van der Waals surface area contributed by atoms with Crippen molar-refractivity contribution in [3.05, 3.63) is 65.5 Å². The van der Waals surface area contributed by atoms with E-state index in [2.05, 4.69) is 6.58 Å². The lowest BCUT2D eigenvalue weighted by molar-refractivity contribution is -0.123. The fourth-order valence-corrected chi connectivity index (χ4v) is 3.19. The van der Waals surface area contributed by atoms with Gasteiger partial charge < -0.3 is 4.42 Å². The van der Waals surface area contributed by atoms with Crippen molar-refractivity contribution in [2.75, 3.05) is 0 Å². The number of hydrogen-bond donors (Lipinski definition) is 0. The van der Waals surface area contributed by atoms with Gasteiger partial charge in [0.05, 0.1) is 10.9 Å². The van der Waals surface area contributed by atoms with Crippen LogP contribution in [0.15, 0.2) is 58.4 Å². The Hall–Kier alpha value is -2.60. The van der Waals surface area contributed by atoms with Crippen molar-refractivity contribution >= 4 is 29.0 Å². The summed E-state index contributed by atoms with van der Waals surface area (Å²) in [6.07, 6.45) is 3.05. The number of furan rings is 1. The van der Waals surface area contributed by atoms with Crippen LogP contribution < -0.4 is 0 Å². The van der Waals surface area contributed by atoms with Gasteiger partial charge in [0, 0.05) is 11.6 Å². The molecule has 122 valence electrons. The Labute approximate surface area is 142 Å². The third-order valence-electron chi connectivity index (χ3n) is 3.58. The number of halogens is 1. The van der Waals surface area contributed by atoms with E-state index in [4.69, 9.17) is 4.42 Å². The molecular weight excluding hydrogens is 329 g/mol. The number of amides is 2. The van der Waals surface area contributed by atoms with E-state index < -0.39 is 0 Å². The van der Waals surface area contributed by atoms with Crippen LogP contribution in [0.4, 0.5) is 9.18 Å². The zero-order chi connectivity index (χ0) is 17.3. The van der Waals surface area contributed by atoms with Gasteiger partial charge in [-0.25, -0.2) is 4.39 Å². The number of carbonyl (C=O) groups is 2. The molecule has 6 heteroatoms. The molecule has 0 radical (unpaired) electrons. The summed E-state index contributed by atoms with van der Waals surface area (Å²) in [5.74, 6) is 0.177. The van der Waals surface area contributed by atoms with E-state index >= 15 is 0 Å². The van der Waals surface area contributed by atoms with Crippen molar-refractivity contribution < 1.29 is 18.4 Å². The molecule has 1 aromatic carbocycles. The lowest BCUT2D eigenvalue weighted by Crippen LogP contribution is -2.35. The highest BCUT2D eigenvalue weighted by Gasteiger charge is 2.37. The first kappa shape index (κ1) is 16.3. The summed E-state index contributed by atoms with van der Waals surface area (Å²) in [4.78, 5) is 25.7. The molecule has 2 heterocycles. The first-order valence-corrected chi connectivity index (χ1v) is 8.06. The Balaban J connectivity index is 1.86. The van der Waals surface area contributed by atoms with Gasteiger partial charge in [-0.1, -0.05) is 18.2 Å². The molecule has 0 saturated carbocycles. The highest BCUT2D eigenvalue weighted by molar-refractivity contribution is 8.18. The summed E-state index contributed by atoms with van der Waals surface area (Å²) < 4.78 is 18.9. The molecule has 4 nitrogen and oxygen atoms in total. The zero-order valence-corrected chi connectivity index (χ0v) is 13.7. The molecule has 1 aromatic heterocycles. The summed E-state index contributed by atoms with van der Waals surface area (Å²) in [5, 5.41) is -0.337. The van der Waals surface area contributed by atoms with Crippen molar-refractivity contribution in [1.29, 1.82) is 0 Å². The first-order valence-electron chi connectivity index (χ1n) is 7.25. The maximum Gasteiger partial charge on any atom is 0.294 e. The van der Waals surface area contributed by atoms with Gasteiger partial charge in [-0.15, -0.1) is 6.58 Å². The molecule has 1 unspecified atom stereocenters. The normalized spacial score (nSPS) is 17.6. The minimum atomic E-state index is -0.374. The SMILES string of the molecule is C=CC(C)N1C(=O)SC(=Cc2ccc(-c3cccc(F)c3)o2)C1=O. The topological polar surface area (TPSA) is 50.5 Å². The van der Waals surface area contributed by atoms with Crippen LogP contribution in [0.25, 0.3) is 17.4 Å². The number of hydrogen-bond acceptors (Lipinski definition) is 4. The second-order valence-electron chi connectivity index (χ2n) is 5.24. The van der Waals surface area contributed by atoms with Crippen molar-refractivity contribution in [1.82, 2.24) is 4.90 Å². The van der Waals surface area contributed by atoms with Crippen LogP contribution in [-0.2, 0) is 4.79 Å². The van der Waals surface area contributed by atoms with Gasteiger partial charge in [0.2, 0.25) is 0 Å². The number of rotatable bonds is 4. The molecule has 1 aliphatic heterocycles. The van der Waals surface area contributed by atoms with Crippen LogP contribution in [0.2, 0.25) is 0 Å². The van der Waals surface area contributed by atoms with Crippen molar-refractivity contribution in [2.24, 2.45) is 0 Å². The van der Waals surface area contributed by atoms with Crippen molar-refractivity contribution in [3.63, 3.8) is 0 Å². The van der Waals surface area contributed by atoms with Crippen LogP contribution >= 0.6 is 11.8 Å². The quantitative estimate of drug-likeness (QED) is 0.596. The highest BCUT2D eigenvalue weighted by atomic mass is 32.2. The number of benzene rings is 1. The predicted molar refractivity (Wildman–Crippen MR) is 91.6 cm³/mol. The van der Waals surface area contributed by atoms with Gasteiger partial charge in [-0.05, 0) is 43.0 Å². The molecule has 2 amide bonds. The van der Waals surface area contributed by atoms with E-state index in [-0.39, 0.29) is 27.9 Å². The number of imide groups is 1. The van der Waals surface area contributed by atoms with Crippen LogP contribution in [-0.4, -0.2) is 22.1 Å². The average Bonchev–Trinajstić information content (AvgIpc) is 3.12. The Morgan fingerprint density at radius 3 is 2.79 bits per heavy atom. The van der Waals surface area contributed by atoms with Gasteiger partial charge in [-0.3, -0.25) is 14.5 Å². The lowest BCUT2D eigenvalue weighted by Gasteiger charge is -2.17. The maximum absolute atomic E-state index is 13.3. The Morgan fingerprint density at radius 1 is 1.29 bits per heavy atom. The summed E-state index contributed by atoms with van der Waals surface area (Å²) in [6.45, 7) is 5.33. The molecule has 0 bridgehead atoms. The molecule has 1 saturated heterocycles. The summed E-state index contributed by atoms with van der Waals surface area (Å²) >= 11 is 0.859. The molecule has 0 N–H and O–H groups in total. The molecule has 0 spiro atoms. The molecular formula is C18H14FNO3S. The fraction of sp³-hybridized carbons (Fsp3) is 0.111. The van der Waals surface area contributed by atoms with E-state index in [1.54, 1.807) is 31.2 Å². The average molecular weight is 343 g/mol. The molecule has 0 aliphatic carbocycles. The minimum absolute atomic E-state index is 0.286.